The maximum absolute atomic E-state index is 13.1. The van der Waals surface area contributed by atoms with E-state index in [4.69, 9.17) is 4.74 Å². The van der Waals surface area contributed by atoms with Crippen LogP contribution in [0, 0.1) is 5.82 Å². The third-order valence-electron chi connectivity index (χ3n) is 4.28. The lowest BCUT2D eigenvalue weighted by Gasteiger charge is -2.23. The summed E-state index contributed by atoms with van der Waals surface area (Å²) in [5, 5.41) is 12.7. The highest BCUT2D eigenvalue weighted by Gasteiger charge is 2.49. The van der Waals surface area contributed by atoms with E-state index in [1.54, 1.807) is 31.2 Å². The smallest absolute Gasteiger partial charge is 0.325 e. The van der Waals surface area contributed by atoms with Crippen LogP contribution in [0.3, 0.4) is 0 Å². The van der Waals surface area contributed by atoms with Crippen molar-refractivity contribution in [1.29, 1.82) is 0 Å². The molecule has 136 valence electrons. The van der Waals surface area contributed by atoms with Crippen molar-refractivity contribution in [3.8, 4) is 5.75 Å². The normalized spacial score (nSPS) is 20.8. The fraction of sp³-hybridized carbons (Fsp3) is 0.263. The molecule has 1 heterocycles. The van der Waals surface area contributed by atoms with E-state index >= 15 is 0 Å². The maximum Gasteiger partial charge on any atom is 0.325 e. The van der Waals surface area contributed by atoms with Gasteiger partial charge < -0.3 is 15.2 Å². The van der Waals surface area contributed by atoms with Gasteiger partial charge in [-0.3, -0.25) is 9.69 Å². The molecule has 6 nitrogen and oxygen atoms in total. The molecule has 1 aliphatic heterocycles. The van der Waals surface area contributed by atoms with Crippen LogP contribution < -0.4 is 10.1 Å². The molecule has 0 aromatic heterocycles. The summed E-state index contributed by atoms with van der Waals surface area (Å²) in [5.41, 5.74) is -0.833. The zero-order valence-corrected chi connectivity index (χ0v) is 14.2. The topological polar surface area (TPSA) is 78.9 Å². The molecular weight excluding hydrogens is 339 g/mol. The van der Waals surface area contributed by atoms with Crippen LogP contribution in [-0.4, -0.2) is 41.2 Å². The molecule has 1 saturated heterocycles. The van der Waals surface area contributed by atoms with E-state index in [2.05, 4.69) is 5.32 Å². The molecule has 2 atom stereocenters. The number of imide groups is 1. The summed E-state index contributed by atoms with van der Waals surface area (Å²) >= 11 is 0. The lowest BCUT2D eigenvalue weighted by Crippen LogP contribution is -2.42. The summed E-state index contributed by atoms with van der Waals surface area (Å²) in [7, 11) is 0. The molecule has 26 heavy (non-hydrogen) atoms. The van der Waals surface area contributed by atoms with Gasteiger partial charge >= 0.3 is 6.03 Å². The van der Waals surface area contributed by atoms with E-state index < -0.39 is 29.4 Å². The lowest BCUT2D eigenvalue weighted by atomic mass is 9.92. The highest BCUT2D eigenvalue weighted by Crippen LogP contribution is 2.29. The zero-order chi connectivity index (χ0) is 18.7. The predicted molar refractivity (Wildman–Crippen MR) is 91.9 cm³/mol. The van der Waals surface area contributed by atoms with Crippen molar-refractivity contribution in [3.63, 3.8) is 0 Å². The number of rotatable bonds is 6. The van der Waals surface area contributed by atoms with E-state index in [9.17, 15) is 19.1 Å². The number of β-amino-alcohol motifs (C(OH)–C–C–N with tert-alkyl or cyclic N) is 1. The standard InChI is InChI=1S/C19H19FN2O4/c1-19(13-7-9-14(20)10-8-13)17(24)22(18(25)21-19)11-15(23)12-26-16-5-3-2-4-6-16/h2-10,15,23H,11-12H2,1H3,(H,21,25). The number of ether oxygens (including phenoxy) is 1. The summed E-state index contributed by atoms with van der Waals surface area (Å²) in [6, 6.07) is 13.7. The number of carbonyl (C=O) groups is 2. The van der Waals surface area contributed by atoms with E-state index in [-0.39, 0.29) is 13.2 Å². The third kappa shape index (κ3) is 3.52. The average Bonchev–Trinajstić information content (AvgIpc) is 2.85. The van der Waals surface area contributed by atoms with Crippen molar-refractivity contribution < 1.29 is 23.8 Å². The number of urea groups is 1. The van der Waals surface area contributed by atoms with Crippen LogP contribution in [0.15, 0.2) is 54.6 Å². The minimum atomic E-state index is -1.30. The number of halogens is 1. The summed E-state index contributed by atoms with van der Waals surface area (Å²) in [4.78, 5) is 25.9. The number of hydrogen-bond donors (Lipinski definition) is 2. The zero-order valence-electron chi connectivity index (χ0n) is 14.2. The molecule has 3 rings (SSSR count). The Labute approximate surface area is 150 Å². The summed E-state index contributed by atoms with van der Waals surface area (Å²) in [6.45, 7) is 1.29. The van der Waals surface area contributed by atoms with Gasteiger partial charge in [-0.25, -0.2) is 9.18 Å². The molecule has 0 radical (unpaired) electrons. The van der Waals surface area contributed by atoms with Gasteiger partial charge in [0.25, 0.3) is 5.91 Å². The molecule has 2 aromatic carbocycles. The molecule has 2 aromatic rings. The Kier molecular flexibility index (Phi) is 4.90. The van der Waals surface area contributed by atoms with Crippen LogP contribution in [-0.2, 0) is 10.3 Å². The van der Waals surface area contributed by atoms with Gasteiger partial charge in [0, 0.05) is 0 Å². The number of amides is 3. The molecule has 0 saturated carbocycles. The Morgan fingerprint density at radius 1 is 1.15 bits per heavy atom. The van der Waals surface area contributed by atoms with Gasteiger partial charge in [-0.1, -0.05) is 30.3 Å². The number of hydrogen-bond acceptors (Lipinski definition) is 4. The predicted octanol–water partition coefficient (Wildman–Crippen LogP) is 2.03. The first-order chi connectivity index (χ1) is 12.4. The summed E-state index contributed by atoms with van der Waals surface area (Å²) in [5.74, 6) is -0.354. The molecule has 2 N–H and O–H groups in total. The largest absolute Gasteiger partial charge is 0.491 e. The van der Waals surface area contributed by atoms with Crippen LogP contribution in [0.4, 0.5) is 9.18 Å². The number of carbonyl (C=O) groups excluding carboxylic acids is 2. The number of aliphatic hydroxyl groups excluding tert-OH is 1. The molecule has 0 aliphatic carbocycles. The first-order valence-electron chi connectivity index (χ1n) is 8.16. The van der Waals surface area contributed by atoms with Crippen LogP contribution in [0.2, 0.25) is 0 Å². The number of nitrogens with one attached hydrogen (secondary N) is 1. The molecular formula is C19H19FN2O4. The minimum absolute atomic E-state index is 0.0612. The number of nitrogens with zero attached hydrogens (tertiary/aromatic N) is 1. The van der Waals surface area contributed by atoms with Gasteiger partial charge in [0.05, 0.1) is 6.54 Å². The third-order valence-corrected chi connectivity index (χ3v) is 4.28. The minimum Gasteiger partial charge on any atom is -0.491 e. The first-order valence-corrected chi connectivity index (χ1v) is 8.16. The molecule has 2 unspecified atom stereocenters. The molecule has 3 amide bonds. The Hall–Kier alpha value is -2.93. The highest BCUT2D eigenvalue weighted by molar-refractivity contribution is 6.07. The molecule has 7 heteroatoms. The van der Waals surface area contributed by atoms with E-state index in [1.165, 1.54) is 24.3 Å². The SMILES string of the molecule is CC1(c2ccc(F)cc2)NC(=O)N(CC(O)COc2ccccc2)C1=O. The van der Waals surface area contributed by atoms with Crippen LogP contribution in [0.5, 0.6) is 5.75 Å². The second kappa shape index (κ2) is 7.13. The van der Waals surface area contributed by atoms with E-state index in [0.29, 0.717) is 11.3 Å². The van der Waals surface area contributed by atoms with E-state index in [1.807, 2.05) is 6.07 Å². The number of aliphatic hydroxyl groups is 1. The average molecular weight is 358 g/mol. The fourth-order valence-corrected chi connectivity index (χ4v) is 2.81. The van der Waals surface area contributed by atoms with Crippen molar-refractivity contribution >= 4 is 11.9 Å². The van der Waals surface area contributed by atoms with Gasteiger partial charge in [0.15, 0.2) is 0 Å². The Balaban J connectivity index is 1.66. The van der Waals surface area contributed by atoms with Crippen LogP contribution in [0.1, 0.15) is 12.5 Å². The summed E-state index contributed by atoms with van der Waals surface area (Å²) < 4.78 is 18.6. The second-order valence-corrected chi connectivity index (χ2v) is 6.26. The summed E-state index contributed by atoms with van der Waals surface area (Å²) in [6.07, 6.45) is -1.04. The van der Waals surface area contributed by atoms with Gasteiger partial charge in [0.2, 0.25) is 0 Å². The van der Waals surface area contributed by atoms with Gasteiger partial charge in [0.1, 0.15) is 29.8 Å². The second-order valence-electron chi connectivity index (χ2n) is 6.26. The highest BCUT2D eigenvalue weighted by atomic mass is 19.1. The Morgan fingerprint density at radius 2 is 1.81 bits per heavy atom. The molecule has 0 bridgehead atoms. The Morgan fingerprint density at radius 3 is 2.46 bits per heavy atom. The van der Waals surface area contributed by atoms with Crippen molar-refractivity contribution in [1.82, 2.24) is 10.2 Å². The van der Waals surface area contributed by atoms with E-state index in [0.717, 1.165) is 4.90 Å². The number of para-hydroxylation sites is 1. The van der Waals surface area contributed by atoms with Crippen molar-refractivity contribution in [2.24, 2.45) is 0 Å². The van der Waals surface area contributed by atoms with Gasteiger partial charge in [-0.2, -0.15) is 0 Å². The molecule has 0 spiro atoms. The fourth-order valence-electron chi connectivity index (χ4n) is 2.81. The maximum atomic E-state index is 13.1. The van der Waals surface area contributed by atoms with Gasteiger partial charge in [-0.05, 0) is 36.8 Å². The van der Waals surface area contributed by atoms with Crippen LogP contribution >= 0.6 is 0 Å². The molecule has 1 fully saturated rings. The lowest BCUT2D eigenvalue weighted by molar-refractivity contribution is -0.132. The molecule has 1 aliphatic rings. The first kappa shape index (κ1) is 17.9. The number of benzene rings is 2. The Bertz CT molecular complexity index is 797. The van der Waals surface area contributed by atoms with Crippen molar-refractivity contribution in [2.45, 2.75) is 18.6 Å². The quantitative estimate of drug-likeness (QED) is 0.775. The monoisotopic (exact) mass is 358 g/mol. The van der Waals surface area contributed by atoms with Crippen LogP contribution in [0.25, 0.3) is 0 Å². The van der Waals surface area contributed by atoms with Crippen molar-refractivity contribution in [3.05, 3.63) is 66.0 Å². The van der Waals surface area contributed by atoms with Gasteiger partial charge in [-0.15, -0.1) is 0 Å². The van der Waals surface area contributed by atoms with Crippen molar-refractivity contribution in [2.75, 3.05) is 13.2 Å².